The molecule has 0 unspecified atom stereocenters. The van der Waals surface area contributed by atoms with Gasteiger partial charge in [-0.05, 0) is 139 Å². The molecule has 0 N–H and O–H groups in total. The van der Waals surface area contributed by atoms with Crippen LogP contribution in [0.2, 0.25) is 0 Å². The Morgan fingerprint density at radius 1 is 0.879 bits per heavy atom. The Balaban J connectivity index is 1.45. The number of carbonyl (C=O) groups excluding carboxylic acids is 1. The highest BCUT2D eigenvalue weighted by Crippen LogP contribution is 2.68. The van der Waals surface area contributed by atoms with Crippen molar-refractivity contribution in [3.05, 3.63) is 0 Å². The average Bonchev–Trinajstić information content (AvgIpc) is 3.03. The standard InChI is InChI=1S/C29H52N2O2/c1-20(32)33-24-12-14-28(2)23(17-24)8-10-25-26-11-9-22(29(26,3)15-13-27(25)28)16-21(18-30(4)5)19-31(6)7/h21-27H,8-19H2,1-7H3/t22-,23-,24-,25+,26+,27+,28+,29-/m1/s1. The Morgan fingerprint density at radius 2 is 1.52 bits per heavy atom. The molecule has 190 valence electrons. The topological polar surface area (TPSA) is 32.8 Å². The van der Waals surface area contributed by atoms with Crippen molar-refractivity contribution < 1.29 is 9.53 Å². The Morgan fingerprint density at radius 3 is 2.15 bits per heavy atom. The summed E-state index contributed by atoms with van der Waals surface area (Å²) < 4.78 is 5.67. The van der Waals surface area contributed by atoms with Gasteiger partial charge in [0.15, 0.2) is 0 Å². The van der Waals surface area contributed by atoms with Gasteiger partial charge in [0.2, 0.25) is 0 Å². The minimum atomic E-state index is -0.0930. The number of carbonyl (C=O) groups is 1. The predicted octanol–water partition coefficient (Wildman–Crippen LogP) is 5.71. The van der Waals surface area contributed by atoms with Crippen LogP contribution in [-0.2, 0) is 9.53 Å². The highest BCUT2D eigenvalue weighted by molar-refractivity contribution is 5.66. The zero-order valence-electron chi connectivity index (χ0n) is 22.7. The van der Waals surface area contributed by atoms with Crippen molar-refractivity contribution in [2.75, 3.05) is 41.3 Å². The summed E-state index contributed by atoms with van der Waals surface area (Å²) in [7, 11) is 8.95. The molecule has 0 aromatic rings. The summed E-state index contributed by atoms with van der Waals surface area (Å²) in [6.45, 7) is 9.32. The van der Waals surface area contributed by atoms with Crippen molar-refractivity contribution in [2.45, 2.75) is 91.1 Å². The van der Waals surface area contributed by atoms with E-state index >= 15 is 0 Å². The molecule has 8 atom stereocenters. The lowest BCUT2D eigenvalue weighted by molar-refractivity contribution is -0.160. The summed E-state index contributed by atoms with van der Waals surface area (Å²) in [5.41, 5.74) is 1.02. The maximum atomic E-state index is 11.5. The molecule has 0 aliphatic heterocycles. The van der Waals surface area contributed by atoms with E-state index in [2.05, 4.69) is 51.8 Å². The lowest BCUT2D eigenvalue weighted by Crippen LogP contribution is -2.54. The summed E-state index contributed by atoms with van der Waals surface area (Å²) in [5, 5.41) is 0. The zero-order chi connectivity index (χ0) is 24.0. The number of hydrogen-bond acceptors (Lipinski definition) is 4. The highest BCUT2D eigenvalue weighted by Gasteiger charge is 2.60. The van der Waals surface area contributed by atoms with Gasteiger partial charge in [-0.25, -0.2) is 0 Å². The molecular formula is C29H52N2O2. The van der Waals surface area contributed by atoms with E-state index in [0.717, 1.165) is 48.3 Å². The molecule has 4 aliphatic carbocycles. The maximum absolute atomic E-state index is 11.5. The van der Waals surface area contributed by atoms with Crippen LogP contribution in [0.1, 0.15) is 85.0 Å². The number of esters is 1. The first-order valence-corrected chi connectivity index (χ1v) is 14.0. The molecule has 0 saturated heterocycles. The van der Waals surface area contributed by atoms with E-state index in [1.165, 1.54) is 64.5 Å². The van der Waals surface area contributed by atoms with Gasteiger partial charge in [-0.2, -0.15) is 0 Å². The van der Waals surface area contributed by atoms with E-state index in [0.29, 0.717) is 10.8 Å². The number of fused-ring (bicyclic) bond motifs is 5. The summed E-state index contributed by atoms with van der Waals surface area (Å²) in [6, 6.07) is 0. The second kappa shape index (κ2) is 9.80. The van der Waals surface area contributed by atoms with Crippen LogP contribution in [0.3, 0.4) is 0 Å². The average molecular weight is 461 g/mol. The van der Waals surface area contributed by atoms with E-state index in [4.69, 9.17) is 4.74 Å². The third kappa shape index (κ3) is 5.03. The van der Waals surface area contributed by atoms with E-state index < -0.39 is 0 Å². The molecular weight excluding hydrogens is 408 g/mol. The van der Waals surface area contributed by atoms with Crippen LogP contribution in [0.15, 0.2) is 0 Å². The minimum absolute atomic E-state index is 0.0930. The van der Waals surface area contributed by atoms with Gasteiger partial charge in [0.25, 0.3) is 0 Å². The van der Waals surface area contributed by atoms with E-state index in [1.54, 1.807) is 6.92 Å². The predicted molar refractivity (Wildman–Crippen MR) is 136 cm³/mol. The normalized spacial score (nSPS) is 42.8. The molecule has 4 rings (SSSR count). The second-order valence-electron chi connectivity index (χ2n) is 13.6. The molecule has 33 heavy (non-hydrogen) atoms. The fourth-order valence-electron chi connectivity index (χ4n) is 9.70. The first-order valence-electron chi connectivity index (χ1n) is 14.0. The van der Waals surface area contributed by atoms with Gasteiger partial charge in [0.1, 0.15) is 6.10 Å². The smallest absolute Gasteiger partial charge is 0.302 e. The summed E-state index contributed by atoms with van der Waals surface area (Å²) >= 11 is 0. The quantitative estimate of drug-likeness (QED) is 0.456. The number of rotatable bonds is 7. The highest BCUT2D eigenvalue weighted by atomic mass is 16.5. The lowest BCUT2D eigenvalue weighted by atomic mass is 9.44. The van der Waals surface area contributed by atoms with Gasteiger partial charge in [-0.3, -0.25) is 4.79 Å². The largest absolute Gasteiger partial charge is 0.463 e. The lowest BCUT2D eigenvalue weighted by Gasteiger charge is -2.61. The minimum Gasteiger partial charge on any atom is -0.463 e. The number of hydrogen-bond donors (Lipinski definition) is 0. The van der Waals surface area contributed by atoms with Crippen LogP contribution in [0.4, 0.5) is 0 Å². The van der Waals surface area contributed by atoms with Crippen LogP contribution in [0.25, 0.3) is 0 Å². The number of nitrogens with zero attached hydrogens (tertiary/aromatic N) is 2. The molecule has 4 heteroatoms. The molecule has 0 aromatic heterocycles. The summed E-state index contributed by atoms with van der Waals surface area (Å²) in [5.74, 6) is 5.10. The van der Waals surface area contributed by atoms with Crippen LogP contribution in [0, 0.1) is 46.3 Å². The van der Waals surface area contributed by atoms with Crippen LogP contribution in [0.5, 0.6) is 0 Å². The zero-order valence-corrected chi connectivity index (χ0v) is 22.7. The molecule has 0 radical (unpaired) electrons. The van der Waals surface area contributed by atoms with Crippen molar-refractivity contribution >= 4 is 5.97 Å². The maximum Gasteiger partial charge on any atom is 0.302 e. The van der Waals surface area contributed by atoms with Crippen LogP contribution >= 0.6 is 0 Å². The molecule has 0 spiro atoms. The van der Waals surface area contributed by atoms with Crippen molar-refractivity contribution in [3.8, 4) is 0 Å². The second-order valence-corrected chi connectivity index (χ2v) is 13.6. The van der Waals surface area contributed by atoms with Crippen molar-refractivity contribution in [2.24, 2.45) is 46.3 Å². The Labute approximate surface area is 204 Å². The van der Waals surface area contributed by atoms with E-state index in [9.17, 15) is 4.79 Å². The van der Waals surface area contributed by atoms with Crippen molar-refractivity contribution in [1.29, 1.82) is 0 Å². The van der Waals surface area contributed by atoms with Crippen molar-refractivity contribution in [1.82, 2.24) is 9.80 Å². The monoisotopic (exact) mass is 460 g/mol. The summed E-state index contributed by atoms with van der Waals surface area (Å²) in [4.78, 5) is 16.3. The first kappa shape index (κ1) is 25.5. The van der Waals surface area contributed by atoms with Gasteiger partial charge in [-0.15, -0.1) is 0 Å². The summed E-state index contributed by atoms with van der Waals surface area (Å²) in [6.07, 6.45) is 13.6. The third-order valence-corrected chi connectivity index (χ3v) is 11.0. The Kier molecular flexibility index (Phi) is 7.57. The van der Waals surface area contributed by atoms with E-state index in [-0.39, 0.29) is 12.1 Å². The van der Waals surface area contributed by atoms with Gasteiger partial charge in [-0.1, -0.05) is 13.8 Å². The molecule has 4 nitrogen and oxygen atoms in total. The van der Waals surface area contributed by atoms with Crippen LogP contribution in [-0.4, -0.2) is 63.2 Å². The first-order chi connectivity index (χ1) is 15.5. The molecule has 4 saturated carbocycles. The molecule has 0 aromatic carbocycles. The fourth-order valence-corrected chi connectivity index (χ4v) is 9.70. The van der Waals surface area contributed by atoms with Gasteiger partial charge in [0, 0.05) is 20.0 Å². The van der Waals surface area contributed by atoms with Gasteiger partial charge < -0.3 is 14.5 Å². The molecule has 4 fully saturated rings. The SMILES string of the molecule is CC(=O)O[C@@H]1CC[C@@]2(C)[C@H](CC[C@@H]3[C@@H]2CC[C@]2(C)[C@@H](CC(CN(C)C)CN(C)C)CC[C@@H]32)C1. The molecule has 0 amide bonds. The van der Waals surface area contributed by atoms with Crippen LogP contribution < -0.4 is 0 Å². The number of ether oxygens (including phenoxy) is 1. The molecule has 0 heterocycles. The molecule has 0 bridgehead atoms. The van der Waals surface area contributed by atoms with E-state index in [1.807, 2.05) is 0 Å². The van der Waals surface area contributed by atoms with Gasteiger partial charge in [0.05, 0.1) is 0 Å². The fraction of sp³-hybridized carbons (Fsp3) is 0.966. The van der Waals surface area contributed by atoms with Gasteiger partial charge >= 0.3 is 5.97 Å². The third-order valence-electron chi connectivity index (χ3n) is 11.0. The van der Waals surface area contributed by atoms with Crippen molar-refractivity contribution in [3.63, 3.8) is 0 Å². The molecule has 4 aliphatic rings. The Bertz CT molecular complexity index is 683. The Hall–Kier alpha value is -0.610.